The summed E-state index contributed by atoms with van der Waals surface area (Å²) in [5.74, 6) is 0. The van der Waals surface area contributed by atoms with E-state index in [-0.39, 0.29) is 5.41 Å². The van der Waals surface area contributed by atoms with Crippen LogP contribution in [0.5, 0.6) is 0 Å². The molecule has 0 spiro atoms. The summed E-state index contributed by atoms with van der Waals surface area (Å²) in [7, 11) is 0. The third kappa shape index (κ3) is 4.64. The first-order valence-corrected chi connectivity index (χ1v) is 13.2. The van der Waals surface area contributed by atoms with Crippen LogP contribution in [0.4, 0.5) is 11.4 Å². The van der Waals surface area contributed by atoms with Crippen LogP contribution in [-0.2, 0) is 0 Å². The van der Waals surface area contributed by atoms with Gasteiger partial charge >= 0.3 is 0 Å². The number of hydrogen-bond acceptors (Lipinski definition) is 7. The monoisotopic (exact) mass is 523 g/mol. The van der Waals surface area contributed by atoms with E-state index in [1.54, 1.807) is 47.4 Å². The molecule has 2 heterocycles. The van der Waals surface area contributed by atoms with Crippen LogP contribution in [0, 0.1) is 28.1 Å². The van der Waals surface area contributed by atoms with E-state index in [4.69, 9.17) is 11.6 Å². The standard InChI is InChI=1S/C29H27ClN8/c1-29(8-3-9-29)17-34-26-20(14-32)15-33-28-23(26)11-21(12-24(28)30)35-27(19-5-2-4-18(10-19)13-31)25-16-38(37-36-25)22-6-7-22/h2,4-5,10-12,15-16,22,27,35H,3,6-9,17H2,1H3,(H,33,34)/t27-/m1/s1/i27D. The van der Waals surface area contributed by atoms with E-state index in [0.29, 0.717) is 55.7 Å². The fourth-order valence-corrected chi connectivity index (χ4v) is 5.22. The molecular weight excluding hydrogens is 496 g/mol. The molecule has 0 radical (unpaired) electrons. The Morgan fingerprint density at radius 1 is 1.24 bits per heavy atom. The van der Waals surface area contributed by atoms with Crippen molar-refractivity contribution in [3.63, 3.8) is 0 Å². The molecule has 2 aromatic carbocycles. The summed E-state index contributed by atoms with van der Waals surface area (Å²) in [5.41, 5.74) is 3.83. The van der Waals surface area contributed by atoms with Crippen LogP contribution in [0.3, 0.4) is 0 Å². The lowest BCUT2D eigenvalue weighted by molar-refractivity contribution is 0.180. The Hall–Kier alpha value is -4.14. The van der Waals surface area contributed by atoms with E-state index in [1.807, 2.05) is 6.07 Å². The van der Waals surface area contributed by atoms with Gasteiger partial charge in [0.2, 0.25) is 0 Å². The molecule has 4 aromatic rings. The second-order valence-corrected chi connectivity index (χ2v) is 10.9. The zero-order chi connectivity index (χ0) is 27.2. The minimum absolute atomic E-state index is 0.192. The fraction of sp³-hybridized carbons (Fsp3) is 0.345. The highest BCUT2D eigenvalue weighted by Gasteiger charge is 2.32. The molecule has 2 saturated carbocycles. The van der Waals surface area contributed by atoms with Crippen LogP contribution in [0.2, 0.25) is 5.02 Å². The molecule has 2 aliphatic carbocycles. The zero-order valence-corrected chi connectivity index (χ0v) is 21.8. The number of nitriles is 2. The first-order chi connectivity index (χ1) is 18.8. The van der Waals surface area contributed by atoms with E-state index >= 15 is 0 Å². The molecular formula is C29H27ClN8. The predicted octanol–water partition coefficient (Wildman–Crippen LogP) is 6.36. The van der Waals surface area contributed by atoms with Crippen molar-refractivity contribution in [3.05, 3.63) is 76.2 Å². The van der Waals surface area contributed by atoms with Gasteiger partial charge in [-0.25, -0.2) is 4.68 Å². The summed E-state index contributed by atoms with van der Waals surface area (Å²) in [6.07, 6.45) is 8.91. The Bertz CT molecular complexity index is 1660. The van der Waals surface area contributed by atoms with Gasteiger partial charge in [-0.1, -0.05) is 42.3 Å². The predicted molar refractivity (Wildman–Crippen MR) is 147 cm³/mol. The fourth-order valence-electron chi connectivity index (χ4n) is 4.95. The van der Waals surface area contributed by atoms with E-state index in [2.05, 4.69) is 45.0 Å². The van der Waals surface area contributed by atoms with Gasteiger partial charge in [0.15, 0.2) is 0 Å². The van der Waals surface area contributed by atoms with Crippen LogP contribution in [0.1, 0.15) is 74.8 Å². The number of rotatable bonds is 8. The molecule has 6 rings (SSSR count). The van der Waals surface area contributed by atoms with Crippen LogP contribution in [0.25, 0.3) is 10.9 Å². The number of nitrogens with zero attached hydrogens (tertiary/aromatic N) is 6. The second kappa shape index (κ2) is 9.63. The molecule has 2 aromatic heterocycles. The normalized spacial score (nSPS) is 17.9. The molecule has 0 aliphatic heterocycles. The van der Waals surface area contributed by atoms with E-state index in [1.165, 1.54) is 6.42 Å². The van der Waals surface area contributed by atoms with Crippen LogP contribution < -0.4 is 10.6 Å². The first-order valence-electron chi connectivity index (χ1n) is 13.3. The minimum atomic E-state index is -1.57. The van der Waals surface area contributed by atoms with E-state index in [0.717, 1.165) is 32.2 Å². The van der Waals surface area contributed by atoms with Gasteiger partial charge < -0.3 is 10.6 Å². The van der Waals surface area contributed by atoms with Crippen molar-refractivity contribution in [1.29, 1.82) is 10.5 Å². The molecule has 38 heavy (non-hydrogen) atoms. The average Bonchev–Trinajstić information content (AvgIpc) is 3.66. The third-order valence-corrected chi connectivity index (χ3v) is 7.82. The summed E-state index contributed by atoms with van der Waals surface area (Å²) in [6.45, 7) is 2.99. The Morgan fingerprint density at radius 2 is 2.08 bits per heavy atom. The maximum absolute atomic E-state index is 9.85. The quantitative estimate of drug-likeness (QED) is 0.276. The Kier molecular flexibility index (Phi) is 5.83. The van der Waals surface area contributed by atoms with Crippen molar-refractivity contribution >= 4 is 33.9 Å². The van der Waals surface area contributed by atoms with Crippen molar-refractivity contribution in [2.45, 2.75) is 51.1 Å². The molecule has 9 heteroatoms. The highest BCUT2D eigenvalue weighted by atomic mass is 35.5. The SMILES string of the molecule is [2H][C@@](Nc1cc(Cl)c2ncc(C#N)c(NCC3(C)CCC3)c2c1)(c1cccc(C#N)c1)c1cn(C2CC2)nn1. The van der Waals surface area contributed by atoms with Gasteiger partial charge in [0.1, 0.15) is 11.8 Å². The number of pyridine rings is 1. The van der Waals surface area contributed by atoms with Gasteiger partial charge in [0, 0.05) is 23.8 Å². The van der Waals surface area contributed by atoms with Gasteiger partial charge in [0.25, 0.3) is 0 Å². The van der Waals surface area contributed by atoms with Gasteiger partial charge in [-0.2, -0.15) is 10.5 Å². The molecule has 0 unspecified atom stereocenters. The molecule has 0 bridgehead atoms. The summed E-state index contributed by atoms with van der Waals surface area (Å²) in [5, 5.41) is 35.9. The molecule has 1 atom stereocenters. The minimum Gasteiger partial charge on any atom is -0.383 e. The van der Waals surface area contributed by atoms with Gasteiger partial charge in [-0.15, -0.1) is 5.10 Å². The van der Waals surface area contributed by atoms with Crippen molar-refractivity contribution in [1.82, 2.24) is 20.0 Å². The molecule has 0 saturated heterocycles. The van der Waals surface area contributed by atoms with Crippen molar-refractivity contribution < 1.29 is 1.37 Å². The van der Waals surface area contributed by atoms with Crippen molar-refractivity contribution in [2.24, 2.45) is 5.41 Å². The number of hydrogen-bond donors (Lipinski definition) is 2. The highest BCUT2D eigenvalue weighted by Crippen LogP contribution is 2.42. The van der Waals surface area contributed by atoms with Crippen molar-refractivity contribution in [3.8, 4) is 12.1 Å². The lowest BCUT2D eigenvalue weighted by Gasteiger charge is -2.38. The van der Waals surface area contributed by atoms with Crippen LogP contribution >= 0.6 is 11.6 Å². The summed E-state index contributed by atoms with van der Waals surface area (Å²) in [6, 6.07) is 13.7. The summed E-state index contributed by atoms with van der Waals surface area (Å²) >= 11 is 6.73. The Balaban J connectivity index is 1.45. The molecule has 0 amide bonds. The third-order valence-electron chi connectivity index (χ3n) is 7.53. The number of anilines is 2. The first kappa shape index (κ1) is 23.0. The largest absolute Gasteiger partial charge is 0.383 e. The van der Waals surface area contributed by atoms with Crippen LogP contribution in [0.15, 0.2) is 48.8 Å². The van der Waals surface area contributed by atoms with Crippen LogP contribution in [-0.4, -0.2) is 26.5 Å². The summed E-state index contributed by atoms with van der Waals surface area (Å²) in [4.78, 5) is 4.47. The smallest absolute Gasteiger partial charge is 0.109 e. The number of aromatic nitrogens is 4. The average molecular weight is 524 g/mol. The summed E-state index contributed by atoms with van der Waals surface area (Å²) < 4.78 is 11.4. The lowest BCUT2D eigenvalue weighted by Crippen LogP contribution is -2.33. The zero-order valence-electron chi connectivity index (χ0n) is 22.0. The molecule has 2 aliphatic rings. The number of halogens is 1. The lowest BCUT2D eigenvalue weighted by atomic mass is 9.70. The highest BCUT2D eigenvalue weighted by molar-refractivity contribution is 6.35. The van der Waals surface area contributed by atoms with Gasteiger partial charge in [0.05, 0.1) is 53.1 Å². The van der Waals surface area contributed by atoms with E-state index < -0.39 is 6.02 Å². The Labute approximate surface area is 227 Å². The topological polar surface area (TPSA) is 115 Å². The van der Waals surface area contributed by atoms with Gasteiger partial charge in [-0.05, 0) is 60.9 Å². The molecule has 8 nitrogen and oxygen atoms in total. The molecule has 2 fully saturated rings. The molecule has 190 valence electrons. The second-order valence-electron chi connectivity index (χ2n) is 10.5. The maximum Gasteiger partial charge on any atom is 0.109 e. The number of fused-ring (bicyclic) bond motifs is 1. The molecule has 2 N–H and O–H groups in total. The van der Waals surface area contributed by atoms with Crippen molar-refractivity contribution in [2.75, 3.05) is 17.2 Å². The van der Waals surface area contributed by atoms with E-state index in [9.17, 15) is 11.9 Å². The Morgan fingerprint density at radius 3 is 2.79 bits per heavy atom. The van der Waals surface area contributed by atoms with Gasteiger partial charge in [-0.3, -0.25) is 4.98 Å². The number of nitrogens with one attached hydrogen (secondary N) is 2. The maximum atomic E-state index is 9.85. The number of benzene rings is 2.